The molecule has 2 aliphatic heterocycles. The second-order valence-electron chi connectivity index (χ2n) is 6.58. The van der Waals surface area contributed by atoms with Crippen molar-refractivity contribution in [3.8, 4) is 0 Å². The summed E-state index contributed by atoms with van der Waals surface area (Å²) in [6, 6.07) is 8.13. The molecule has 2 saturated heterocycles. The molecule has 0 aliphatic carbocycles. The van der Waals surface area contributed by atoms with E-state index in [0.717, 1.165) is 23.1 Å². The van der Waals surface area contributed by atoms with Crippen LogP contribution in [0.4, 0.5) is 0 Å². The molecule has 2 fully saturated rings. The zero-order valence-electron chi connectivity index (χ0n) is 13.6. The van der Waals surface area contributed by atoms with Gasteiger partial charge < -0.3 is 9.80 Å². The molecule has 3 rings (SSSR count). The number of ketones is 1. The molecule has 0 radical (unpaired) electrons. The van der Waals surface area contributed by atoms with Crippen molar-refractivity contribution in [3.05, 3.63) is 46.6 Å². The van der Waals surface area contributed by atoms with Crippen LogP contribution in [0, 0.1) is 0 Å². The number of benzene rings is 1. The summed E-state index contributed by atoms with van der Waals surface area (Å²) in [6.45, 7) is 4.71. The summed E-state index contributed by atoms with van der Waals surface area (Å²) in [7, 11) is 0. The van der Waals surface area contributed by atoms with Crippen LogP contribution in [-0.2, 0) is 0 Å². The molecule has 0 amide bonds. The van der Waals surface area contributed by atoms with Crippen molar-refractivity contribution < 1.29 is 4.79 Å². The molecule has 0 saturated carbocycles. The second-order valence-corrected chi connectivity index (χ2v) is 7.50. The fourth-order valence-corrected chi connectivity index (χ4v) is 3.83. The largest absolute Gasteiger partial charge is 0.373 e. The first kappa shape index (κ1) is 16.7. The average Bonchev–Trinajstić information content (AvgIpc) is 3.01. The van der Waals surface area contributed by atoms with Gasteiger partial charge in [-0.05, 0) is 63.0 Å². The Morgan fingerprint density at radius 2 is 1.83 bits per heavy atom. The van der Waals surface area contributed by atoms with Crippen molar-refractivity contribution in [2.45, 2.75) is 38.1 Å². The van der Waals surface area contributed by atoms with Crippen LogP contribution in [0.2, 0.25) is 0 Å². The Morgan fingerprint density at radius 1 is 1.09 bits per heavy atom. The van der Waals surface area contributed by atoms with E-state index in [0.29, 0.717) is 6.04 Å². The Bertz CT molecular complexity index is 549. The average molecular weight is 377 g/mol. The van der Waals surface area contributed by atoms with Gasteiger partial charge in [-0.3, -0.25) is 4.79 Å². The van der Waals surface area contributed by atoms with Gasteiger partial charge in [0.25, 0.3) is 0 Å². The van der Waals surface area contributed by atoms with E-state index in [4.69, 9.17) is 0 Å². The lowest BCUT2D eigenvalue weighted by atomic mass is 10.1. The monoisotopic (exact) mass is 376 g/mol. The van der Waals surface area contributed by atoms with Crippen LogP contribution in [0.25, 0.3) is 0 Å². The van der Waals surface area contributed by atoms with E-state index in [1.807, 2.05) is 30.5 Å². The lowest BCUT2D eigenvalue weighted by Gasteiger charge is -2.32. The van der Waals surface area contributed by atoms with Gasteiger partial charge in [0.05, 0.1) is 0 Å². The summed E-state index contributed by atoms with van der Waals surface area (Å²) in [5.41, 5.74) is 0.747. The van der Waals surface area contributed by atoms with Crippen molar-refractivity contribution in [2.75, 3.05) is 26.2 Å². The fraction of sp³-hybridized carbons (Fsp3) is 0.526. The first-order valence-electron chi connectivity index (χ1n) is 8.68. The van der Waals surface area contributed by atoms with Crippen LogP contribution < -0.4 is 0 Å². The van der Waals surface area contributed by atoms with Crippen LogP contribution in [0.1, 0.15) is 42.5 Å². The summed E-state index contributed by atoms with van der Waals surface area (Å²) < 4.78 is 0.999. The predicted molar refractivity (Wildman–Crippen MR) is 97.6 cm³/mol. The van der Waals surface area contributed by atoms with Gasteiger partial charge in [-0.15, -0.1) is 0 Å². The molecular formula is C19H25BrN2O. The van der Waals surface area contributed by atoms with Crippen molar-refractivity contribution in [1.29, 1.82) is 0 Å². The molecule has 0 unspecified atom stereocenters. The summed E-state index contributed by atoms with van der Waals surface area (Å²) in [6.07, 6.45) is 10.3. The van der Waals surface area contributed by atoms with Crippen LogP contribution in [0.15, 0.2) is 41.0 Å². The number of likely N-dealkylation sites (tertiary alicyclic amines) is 2. The second kappa shape index (κ2) is 8.11. The molecule has 124 valence electrons. The normalized spacial score (nSPS) is 22.8. The Labute approximate surface area is 147 Å². The SMILES string of the molecule is O=C(C=CN1CCC[C@H]1CN1CCCCC1)c1ccc(Br)cc1. The van der Waals surface area contributed by atoms with E-state index in [1.54, 1.807) is 6.08 Å². The molecule has 0 bridgehead atoms. The van der Waals surface area contributed by atoms with Gasteiger partial charge in [0.2, 0.25) is 0 Å². The predicted octanol–water partition coefficient (Wildman–Crippen LogP) is 4.10. The summed E-state index contributed by atoms with van der Waals surface area (Å²) in [4.78, 5) is 17.2. The maximum Gasteiger partial charge on any atom is 0.187 e. The molecule has 0 aromatic heterocycles. The molecule has 0 spiro atoms. The minimum absolute atomic E-state index is 0.0844. The number of hydrogen-bond donors (Lipinski definition) is 0. The standard InChI is InChI=1S/C19H25BrN2O/c20-17-8-6-16(7-9-17)19(23)10-14-22-13-4-5-18(22)15-21-11-2-1-3-12-21/h6-10,14,18H,1-5,11-13,15H2/t18-/m0/s1. The number of carbonyl (C=O) groups excluding carboxylic acids is 1. The van der Waals surface area contributed by atoms with E-state index in [-0.39, 0.29) is 5.78 Å². The highest BCUT2D eigenvalue weighted by Gasteiger charge is 2.24. The molecule has 2 aliphatic rings. The quantitative estimate of drug-likeness (QED) is 0.570. The van der Waals surface area contributed by atoms with E-state index in [1.165, 1.54) is 45.2 Å². The number of piperidine rings is 1. The summed E-state index contributed by atoms with van der Waals surface area (Å²) >= 11 is 3.40. The first-order valence-corrected chi connectivity index (χ1v) is 9.48. The number of hydrogen-bond acceptors (Lipinski definition) is 3. The molecular weight excluding hydrogens is 352 g/mol. The molecule has 1 atom stereocenters. The minimum Gasteiger partial charge on any atom is -0.373 e. The first-order chi connectivity index (χ1) is 11.2. The van der Waals surface area contributed by atoms with E-state index in [2.05, 4.69) is 25.7 Å². The van der Waals surface area contributed by atoms with Gasteiger partial charge in [0, 0.05) is 41.4 Å². The number of carbonyl (C=O) groups is 1. The Morgan fingerprint density at radius 3 is 2.57 bits per heavy atom. The fourth-order valence-electron chi connectivity index (χ4n) is 3.56. The summed E-state index contributed by atoms with van der Waals surface area (Å²) in [5, 5.41) is 0. The van der Waals surface area contributed by atoms with Crippen molar-refractivity contribution in [3.63, 3.8) is 0 Å². The molecule has 4 heteroatoms. The van der Waals surface area contributed by atoms with Gasteiger partial charge >= 0.3 is 0 Å². The maximum atomic E-state index is 12.3. The van der Waals surface area contributed by atoms with Crippen molar-refractivity contribution in [2.24, 2.45) is 0 Å². The Balaban J connectivity index is 1.56. The number of allylic oxidation sites excluding steroid dienone is 1. The smallest absolute Gasteiger partial charge is 0.187 e. The topological polar surface area (TPSA) is 23.6 Å². The molecule has 2 heterocycles. The van der Waals surface area contributed by atoms with Crippen LogP contribution in [-0.4, -0.2) is 47.8 Å². The highest BCUT2D eigenvalue weighted by Crippen LogP contribution is 2.21. The van der Waals surface area contributed by atoms with Crippen LogP contribution in [0.5, 0.6) is 0 Å². The molecule has 1 aromatic carbocycles. The highest BCUT2D eigenvalue weighted by molar-refractivity contribution is 9.10. The van der Waals surface area contributed by atoms with Gasteiger partial charge in [-0.2, -0.15) is 0 Å². The van der Waals surface area contributed by atoms with Gasteiger partial charge in [-0.25, -0.2) is 0 Å². The van der Waals surface area contributed by atoms with Crippen molar-refractivity contribution in [1.82, 2.24) is 9.80 Å². The van der Waals surface area contributed by atoms with Gasteiger partial charge in [0.15, 0.2) is 5.78 Å². The molecule has 3 nitrogen and oxygen atoms in total. The zero-order valence-corrected chi connectivity index (χ0v) is 15.2. The lowest BCUT2D eigenvalue weighted by molar-refractivity contribution is 0.104. The highest BCUT2D eigenvalue weighted by atomic mass is 79.9. The zero-order chi connectivity index (χ0) is 16.1. The Hall–Kier alpha value is -1.13. The number of nitrogens with zero attached hydrogens (tertiary/aromatic N) is 2. The Kier molecular flexibility index (Phi) is 5.90. The third-order valence-corrected chi connectivity index (χ3v) is 5.42. The van der Waals surface area contributed by atoms with Gasteiger partial charge in [0.1, 0.15) is 0 Å². The molecule has 0 N–H and O–H groups in total. The third kappa shape index (κ3) is 4.67. The number of rotatable bonds is 5. The van der Waals surface area contributed by atoms with Crippen LogP contribution in [0.3, 0.4) is 0 Å². The maximum absolute atomic E-state index is 12.3. The van der Waals surface area contributed by atoms with Gasteiger partial charge in [-0.1, -0.05) is 22.4 Å². The van der Waals surface area contributed by atoms with E-state index in [9.17, 15) is 4.79 Å². The van der Waals surface area contributed by atoms with Crippen molar-refractivity contribution >= 4 is 21.7 Å². The van der Waals surface area contributed by atoms with E-state index < -0.39 is 0 Å². The minimum atomic E-state index is 0.0844. The lowest BCUT2D eigenvalue weighted by Crippen LogP contribution is -2.40. The molecule has 23 heavy (non-hydrogen) atoms. The third-order valence-electron chi connectivity index (χ3n) is 4.89. The summed E-state index contributed by atoms with van der Waals surface area (Å²) in [5.74, 6) is 0.0844. The van der Waals surface area contributed by atoms with Crippen LogP contribution >= 0.6 is 15.9 Å². The number of halogens is 1. The molecule has 1 aromatic rings. The van der Waals surface area contributed by atoms with E-state index >= 15 is 0 Å².